The topological polar surface area (TPSA) is 33.7 Å². The second kappa shape index (κ2) is 9.20. The maximum Gasteiger partial charge on any atom is 0.173 e. The number of rotatable bonds is 6. The highest BCUT2D eigenvalue weighted by Crippen LogP contribution is 2.23. The van der Waals surface area contributed by atoms with E-state index >= 15 is 0 Å². The predicted octanol–water partition coefficient (Wildman–Crippen LogP) is 4.69. The summed E-state index contributed by atoms with van der Waals surface area (Å²) < 4.78 is 11.4. The minimum Gasteiger partial charge on any atom is -0.496 e. The Kier molecular flexibility index (Phi) is 6.69. The normalized spacial score (nSPS) is 16.2. The van der Waals surface area contributed by atoms with Gasteiger partial charge in [0.05, 0.1) is 13.2 Å². The molecule has 0 amide bonds. The summed E-state index contributed by atoms with van der Waals surface area (Å²) in [6, 6.07) is 14.5. The third-order valence-corrected chi connectivity index (χ3v) is 5.28. The summed E-state index contributed by atoms with van der Waals surface area (Å²) in [7, 11) is 1.70. The van der Waals surface area contributed by atoms with Crippen LogP contribution in [0.1, 0.15) is 29.5 Å². The largest absolute Gasteiger partial charge is 0.496 e. The first-order valence-corrected chi connectivity index (χ1v) is 9.84. The van der Waals surface area contributed by atoms with Crippen LogP contribution in [-0.2, 0) is 11.3 Å². The molecule has 0 saturated carbocycles. The summed E-state index contributed by atoms with van der Waals surface area (Å²) in [5.74, 6) is 0.879. The lowest BCUT2D eigenvalue weighted by atomic mass is 10.1. The average molecular weight is 385 g/mol. The van der Waals surface area contributed by atoms with Crippen LogP contribution in [0.3, 0.4) is 0 Å². The van der Waals surface area contributed by atoms with E-state index in [1.807, 2.05) is 18.2 Å². The van der Waals surface area contributed by atoms with Gasteiger partial charge in [0.15, 0.2) is 5.11 Å². The van der Waals surface area contributed by atoms with Crippen molar-refractivity contribution < 1.29 is 9.47 Å². The summed E-state index contributed by atoms with van der Waals surface area (Å²) in [5.41, 5.74) is 4.55. The van der Waals surface area contributed by atoms with Gasteiger partial charge >= 0.3 is 0 Å². The third kappa shape index (κ3) is 5.21. The van der Waals surface area contributed by atoms with E-state index in [1.54, 1.807) is 7.11 Å². The number of thiocarbonyl (C=S) groups is 1. The smallest absolute Gasteiger partial charge is 0.173 e. The van der Waals surface area contributed by atoms with E-state index in [4.69, 9.17) is 21.7 Å². The molecule has 0 aromatic heterocycles. The lowest BCUT2D eigenvalue weighted by molar-refractivity contribution is 0.0903. The molecule has 27 heavy (non-hydrogen) atoms. The monoisotopic (exact) mass is 384 g/mol. The van der Waals surface area contributed by atoms with Gasteiger partial charge in [0.1, 0.15) is 5.75 Å². The maximum atomic E-state index is 5.86. The van der Waals surface area contributed by atoms with Crippen molar-refractivity contribution in [2.24, 2.45) is 0 Å². The first kappa shape index (κ1) is 19.6. The number of nitrogens with one attached hydrogen (secondary N) is 1. The molecule has 1 unspecified atom stereocenters. The van der Waals surface area contributed by atoms with Crippen LogP contribution in [0.5, 0.6) is 5.75 Å². The second-order valence-corrected chi connectivity index (χ2v) is 7.46. The standard InChI is InChI=1S/C22H28N2O2S/c1-16-10-11-17(2)20(13-16)23-22(27)24(15-19-8-6-12-26-19)14-18-7-4-5-9-21(18)25-3/h4-5,7,9-11,13,19H,6,8,12,14-15H2,1-3H3,(H,23,27). The lowest BCUT2D eigenvalue weighted by Crippen LogP contribution is -2.39. The van der Waals surface area contributed by atoms with Crippen molar-refractivity contribution in [3.63, 3.8) is 0 Å². The molecule has 1 fully saturated rings. The fourth-order valence-corrected chi connectivity index (χ4v) is 3.61. The number of nitrogens with zero attached hydrogens (tertiary/aromatic N) is 1. The van der Waals surface area contributed by atoms with Crippen molar-refractivity contribution in [2.45, 2.75) is 39.3 Å². The highest BCUT2D eigenvalue weighted by molar-refractivity contribution is 7.80. The molecule has 144 valence electrons. The predicted molar refractivity (Wildman–Crippen MR) is 115 cm³/mol. The fourth-order valence-electron chi connectivity index (χ4n) is 3.36. The van der Waals surface area contributed by atoms with Crippen LogP contribution < -0.4 is 10.1 Å². The van der Waals surface area contributed by atoms with Crippen molar-refractivity contribution in [2.75, 3.05) is 25.6 Å². The van der Waals surface area contributed by atoms with Gasteiger partial charge in [-0.2, -0.15) is 0 Å². The number of para-hydroxylation sites is 1. The Morgan fingerprint density at radius 3 is 2.81 bits per heavy atom. The van der Waals surface area contributed by atoms with Crippen LogP contribution in [-0.4, -0.2) is 36.4 Å². The van der Waals surface area contributed by atoms with Crippen molar-refractivity contribution in [3.8, 4) is 5.75 Å². The third-order valence-electron chi connectivity index (χ3n) is 4.92. The molecule has 1 heterocycles. The van der Waals surface area contributed by atoms with Crippen LogP contribution in [0.25, 0.3) is 0 Å². The molecule has 1 aliphatic heterocycles. The molecular weight excluding hydrogens is 356 g/mol. The first-order chi connectivity index (χ1) is 13.1. The van der Waals surface area contributed by atoms with Crippen molar-refractivity contribution in [3.05, 3.63) is 59.2 Å². The summed E-state index contributed by atoms with van der Waals surface area (Å²) in [6.45, 7) is 6.47. The molecule has 1 saturated heterocycles. The Morgan fingerprint density at radius 1 is 1.26 bits per heavy atom. The number of hydrogen-bond donors (Lipinski definition) is 1. The Balaban J connectivity index is 1.79. The molecule has 0 aliphatic carbocycles. The van der Waals surface area contributed by atoms with E-state index in [-0.39, 0.29) is 6.10 Å². The van der Waals surface area contributed by atoms with Gasteiger partial charge in [0, 0.05) is 30.9 Å². The van der Waals surface area contributed by atoms with Crippen LogP contribution >= 0.6 is 12.2 Å². The number of methoxy groups -OCH3 is 1. The Hall–Kier alpha value is -2.11. The summed E-state index contributed by atoms with van der Waals surface area (Å²) in [6.07, 6.45) is 2.41. The number of benzene rings is 2. The van der Waals surface area contributed by atoms with Crippen LogP contribution in [0.2, 0.25) is 0 Å². The van der Waals surface area contributed by atoms with Crippen molar-refractivity contribution >= 4 is 23.0 Å². The van der Waals surface area contributed by atoms with E-state index in [2.05, 4.69) is 48.3 Å². The molecule has 0 radical (unpaired) electrons. The van der Waals surface area contributed by atoms with Crippen LogP contribution in [0.4, 0.5) is 5.69 Å². The van der Waals surface area contributed by atoms with Crippen LogP contribution in [0.15, 0.2) is 42.5 Å². The van der Waals surface area contributed by atoms with Gasteiger partial charge < -0.3 is 19.7 Å². The maximum absolute atomic E-state index is 5.86. The van der Waals surface area contributed by atoms with Crippen LogP contribution in [0, 0.1) is 13.8 Å². The van der Waals surface area contributed by atoms with Crippen molar-refractivity contribution in [1.82, 2.24) is 4.90 Å². The zero-order valence-electron chi connectivity index (χ0n) is 16.3. The fraction of sp³-hybridized carbons (Fsp3) is 0.409. The average Bonchev–Trinajstić information content (AvgIpc) is 3.17. The zero-order chi connectivity index (χ0) is 19.2. The lowest BCUT2D eigenvalue weighted by Gasteiger charge is -2.29. The first-order valence-electron chi connectivity index (χ1n) is 9.43. The number of anilines is 1. The van der Waals surface area contributed by atoms with Gasteiger partial charge in [-0.15, -0.1) is 0 Å². The van der Waals surface area contributed by atoms with E-state index < -0.39 is 0 Å². The number of hydrogen-bond acceptors (Lipinski definition) is 3. The van der Waals surface area contributed by atoms with E-state index in [1.165, 1.54) is 11.1 Å². The summed E-state index contributed by atoms with van der Waals surface area (Å²) >= 11 is 5.79. The molecule has 1 N–H and O–H groups in total. The van der Waals surface area contributed by atoms with E-state index in [0.29, 0.717) is 11.7 Å². The van der Waals surface area contributed by atoms with Gasteiger partial charge in [-0.1, -0.05) is 30.3 Å². The molecule has 2 aromatic rings. The molecule has 1 atom stereocenters. The van der Waals surface area contributed by atoms with E-state index in [9.17, 15) is 0 Å². The Labute approximate surface area is 167 Å². The Bertz CT molecular complexity index is 788. The molecule has 2 aromatic carbocycles. The summed E-state index contributed by atoms with van der Waals surface area (Å²) in [5, 5.41) is 4.16. The highest BCUT2D eigenvalue weighted by Gasteiger charge is 2.22. The van der Waals surface area contributed by atoms with Gasteiger partial charge in [0.2, 0.25) is 0 Å². The minimum absolute atomic E-state index is 0.220. The van der Waals surface area contributed by atoms with Gasteiger partial charge in [-0.05, 0) is 62.2 Å². The second-order valence-electron chi connectivity index (χ2n) is 7.08. The summed E-state index contributed by atoms with van der Waals surface area (Å²) in [4.78, 5) is 2.19. The van der Waals surface area contributed by atoms with Gasteiger partial charge in [0.25, 0.3) is 0 Å². The number of ether oxygens (including phenoxy) is 2. The minimum atomic E-state index is 0.220. The molecular formula is C22H28N2O2S. The Morgan fingerprint density at radius 2 is 2.07 bits per heavy atom. The van der Waals surface area contributed by atoms with Gasteiger partial charge in [-0.25, -0.2) is 0 Å². The molecule has 4 nitrogen and oxygen atoms in total. The SMILES string of the molecule is COc1ccccc1CN(CC1CCCO1)C(=S)Nc1cc(C)ccc1C. The zero-order valence-corrected chi connectivity index (χ0v) is 17.1. The molecule has 5 heteroatoms. The van der Waals surface area contributed by atoms with Crippen molar-refractivity contribution in [1.29, 1.82) is 0 Å². The number of aryl methyl sites for hydroxylation is 2. The molecule has 0 bridgehead atoms. The van der Waals surface area contributed by atoms with E-state index in [0.717, 1.165) is 43.0 Å². The molecule has 0 spiro atoms. The highest BCUT2D eigenvalue weighted by atomic mass is 32.1. The molecule has 1 aliphatic rings. The quantitative estimate of drug-likeness (QED) is 0.731. The van der Waals surface area contributed by atoms with Gasteiger partial charge in [-0.3, -0.25) is 0 Å². The molecule has 3 rings (SSSR count).